The molecule has 1 aliphatic heterocycles. The normalized spacial score (nSPS) is 16.1. The molecule has 3 nitrogen and oxygen atoms in total. The summed E-state index contributed by atoms with van der Waals surface area (Å²) >= 11 is 0. The number of rotatable bonds is 1. The summed E-state index contributed by atoms with van der Waals surface area (Å²) in [6.07, 6.45) is -1.89. The van der Waals surface area contributed by atoms with Gasteiger partial charge in [-0.1, -0.05) is 0 Å². The Hall–Kier alpha value is -1.79. The van der Waals surface area contributed by atoms with Crippen molar-refractivity contribution in [3.8, 4) is 0 Å². The Morgan fingerprint density at radius 1 is 1.10 bits per heavy atom. The number of hydrogen-bond donors (Lipinski definition) is 1. The van der Waals surface area contributed by atoms with Crippen molar-refractivity contribution in [3.05, 3.63) is 29.6 Å². The van der Waals surface area contributed by atoms with E-state index in [4.69, 9.17) is 0 Å². The average molecular weight is 290 g/mol. The number of carbonyl (C=O) groups is 1. The van der Waals surface area contributed by atoms with Crippen molar-refractivity contribution in [2.24, 2.45) is 0 Å². The number of nitrogens with one attached hydrogen (secondary N) is 1. The Bertz CT molecular complexity index is 496. The molecule has 0 saturated carbocycles. The molecule has 1 aromatic rings. The predicted octanol–water partition coefficient (Wildman–Crippen LogP) is 3.86. The third-order valence-corrected chi connectivity index (χ3v) is 3.12. The summed E-state index contributed by atoms with van der Waals surface area (Å²) in [5.74, 6) is -1.03. The van der Waals surface area contributed by atoms with Crippen LogP contribution in [0.25, 0.3) is 0 Å². The lowest BCUT2D eigenvalue weighted by Crippen LogP contribution is -2.38. The standard InChI is InChI=1S/C13H14F4N2O/c14-10-6-9(13(15,16)17)7-11(8-10)18-12(20)19-4-2-1-3-5-19/h6-8H,1-5H2,(H,18,20). The van der Waals surface area contributed by atoms with Crippen molar-refractivity contribution in [2.45, 2.75) is 25.4 Å². The van der Waals surface area contributed by atoms with Crippen molar-refractivity contribution in [1.29, 1.82) is 0 Å². The van der Waals surface area contributed by atoms with Gasteiger partial charge < -0.3 is 10.2 Å². The number of alkyl halides is 3. The second-order valence-electron chi connectivity index (χ2n) is 4.70. The Morgan fingerprint density at radius 3 is 2.35 bits per heavy atom. The largest absolute Gasteiger partial charge is 0.416 e. The summed E-state index contributed by atoms with van der Waals surface area (Å²) in [5, 5.41) is 2.31. The molecule has 1 fully saturated rings. The second kappa shape index (κ2) is 5.68. The zero-order valence-corrected chi connectivity index (χ0v) is 10.6. The van der Waals surface area contributed by atoms with Gasteiger partial charge in [-0.25, -0.2) is 9.18 Å². The zero-order valence-electron chi connectivity index (χ0n) is 10.6. The maximum absolute atomic E-state index is 13.2. The Morgan fingerprint density at radius 2 is 1.75 bits per heavy atom. The molecule has 0 radical (unpaired) electrons. The van der Waals surface area contributed by atoms with Crippen LogP contribution in [0.3, 0.4) is 0 Å². The highest BCUT2D eigenvalue weighted by molar-refractivity contribution is 5.89. The summed E-state index contributed by atoms with van der Waals surface area (Å²) in [4.78, 5) is 13.4. The van der Waals surface area contributed by atoms with Crippen LogP contribution in [0.2, 0.25) is 0 Å². The van der Waals surface area contributed by atoms with Gasteiger partial charge in [-0.3, -0.25) is 0 Å². The van der Waals surface area contributed by atoms with E-state index in [0.29, 0.717) is 19.2 Å². The van der Waals surface area contributed by atoms with Gasteiger partial charge >= 0.3 is 12.2 Å². The number of anilines is 1. The number of amides is 2. The molecule has 0 unspecified atom stereocenters. The first-order valence-corrected chi connectivity index (χ1v) is 6.30. The average Bonchev–Trinajstić information content (AvgIpc) is 2.38. The molecule has 0 spiro atoms. The summed E-state index contributed by atoms with van der Waals surface area (Å²) < 4.78 is 50.8. The van der Waals surface area contributed by atoms with Crippen LogP contribution in [-0.4, -0.2) is 24.0 Å². The van der Waals surface area contributed by atoms with E-state index < -0.39 is 23.6 Å². The minimum Gasteiger partial charge on any atom is -0.325 e. The van der Waals surface area contributed by atoms with Gasteiger partial charge in [0, 0.05) is 18.8 Å². The Kier molecular flexibility index (Phi) is 4.15. The van der Waals surface area contributed by atoms with Crippen LogP contribution >= 0.6 is 0 Å². The molecule has 0 bridgehead atoms. The van der Waals surface area contributed by atoms with Crippen LogP contribution in [0.5, 0.6) is 0 Å². The van der Waals surface area contributed by atoms with E-state index >= 15 is 0 Å². The molecule has 1 aliphatic rings. The molecule has 0 aliphatic carbocycles. The number of hydrogen-bond acceptors (Lipinski definition) is 1. The van der Waals surface area contributed by atoms with Gasteiger partial charge in [0.1, 0.15) is 5.82 Å². The lowest BCUT2D eigenvalue weighted by Gasteiger charge is -2.26. The molecule has 110 valence electrons. The van der Waals surface area contributed by atoms with Crippen LogP contribution < -0.4 is 5.32 Å². The van der Waals surface area contributed by atoms with Crippen molar-refractivity contribution >= 4 is 11.7 Å². The van der Waals surface area contributed by atoms with Crippen molar-refractivity contribution in [2.75, 3.05) is 18.4 Å². The fourth-order valence-electron chi connectivity index (χ4n) is 2.12. The van der Waals surface area contributed by atoms with E-state index in [-0.39, 0.29) is 5.69 Å². The first-order chi connectivity index (χ1) is 9.36. The summed E-state index contributed by atoms with van der Waals surface area (Å²) in [5.41, 5.74) is -1.31. The highest BCUT2D eigenvalue weighted by atomic mass is 19.4. The van der Waals surface area contributed by atoms with Crippen molar-refractivity contribution in [1.82, 2.24) is 4.90 Å². The Labute approximate surface area is 113 Å². The van der Waals surface area contributed by atoms with E-state index in [1.165, 1.54) is 4.90 Å². The molecule has 1 heterocycles. The fourth-order valence-corrected chi connectivity index (χ4v) is 2.12. The number of nitrogens with zero attached hydrogens (tertiary/aromatic N) is 1. The number of carbonyl (C=O) groups excluding carboxylic acids is 1. The summed E-state index contributed by atoms with van der Waals surface area (Å²) in [7, 11) is 0. The first kappa shape index (κ1) is 14.6. The Balaban J connectivity index is 2.12. The number of likely N-dealkylation sites (tertiary alicyclic amines) is 1. The molecule has 1 saturated heterocycles. The minimum absolute atomic E-state index is 0.187. The molecule has 2 amide bonds. The van der Waals surface area contributed by atoms with E-state index in [1.807, 2.05) is 0 Å². The monoisotopic (exact) mass is 290 g/mol. The van der Waals surface area contributed by atoms with Crippen LogP contribution in [-0.2, 0) is 6.18 Å². The van der Waals surface area contributed by atoms with Crippen molar-refractivity contribution < 1.29 is 22.4 Å². The third kappa shape index (κ3) is 3.61. The molecule has 7 heteroatoms. The van der Waals surface area contributed by atoms with Gasteiger partial charge in [0.15, 0.2) is 0 Å². The van der Waals surface area contributed by atoms with E-state index in [0.717, 1.165) is 31.4 Å². The number of piperidine rings is 1. The highest BCUT2D eigenvalue weighted by Gasteiger charge is 2.31. The zero-order chi connectivity index (χ0) is 14.8. The van der Waals surface area contributed by atoms with Gasteiger partial charge in [0.2, 0.25) is 0 Å². The number of urea groups is 1. The summed E-state index contributed by atoms with van der Waals surface area (Å²) in [6.45, 7) is 1.13. The second-order valence-corrected chi connectivity index (χ2v) is 4.70. The van der Waals surface area contributed by atoms with Gasteiger partial charge in [-0.15, -0.1) is 0 Å². The van der Waals surface area contributed by atoms with Crippen LogP contribution in [0, 0.1) is 5.82 Å². The number of benzene rings is 1. The maximum Gasteiger partial charge on any atom is 0.416 e. The van der Waals surface area contributed by atoms with E-state index in [2.05, 4.69) is 5.32 Å². The lowest BCUT2D eigenvalue weighted by molar-refractivity contribution is -0.137. The van der Waals surface area contributed by atoms with Crippen LogP contribution in [0.15, 0.2) is 18.2 Å². The molecule has 1 aromatic carbocycles. The first-order valence-electron chi connectivity index (χ1n) is 6.30. The minimum atomic E-state index is -4.65. The molecule has 1 N–H and O–H groups in total. The van der Waals surface area contributed by atoms with E-state index in [9.17, 15) is 22.4 Å². The lowest BCUT2D eigenvalue weighted by atomic mass is 10.1. The molecule has 20 heavy (non-hydrogen) atoms. The van der Waals surface area contributed by atoms with Crippen LogP contribution in [0.1, 0.15) is 24.8 Å². The molecule has 0 atom stereocenters. The van der Waals surface area contributed by atoms with Gasteiger partial charge in [0.05, 0.1) is 5.56 Å². The molecular formula is C13H14F4N2O. The molecular weight excluding hydrogens is 276 g/mol. The van der Waals surface area contributed by atoms with E-state index in [1.54, 1.807) is 0 Å². The van der Waals surface area contributed by atoms with Gasteiger partial charge in [-0.05, 0) is 37.5 Å². The number of halogens is 4. The molecule has 0 aromatic heterocycles. The summed E-state index contributed by atoms with van der Waals surface area (Å²) in [6, 6.07) is 1.50. The fraction of sp³-hybridized carbons (Fsp3) is 0.462. The topological polar surface area (TPSA) is 32.3 Å². The quantitative estimate of drug-likeness (QED) is 0.783. The third-order valence-electron chi connectivity index (χ3n) is 3.12. The van der Waals surface area contributed by atoms with Crippen LogP contribution in [0.4, 0.5) is 28.0 Å². The van der Waals surface area contributed by atoms with Crippen molar-refractivity contribution in [3.63, 3.8) is 0 Å². The molecule has 2 rings (SSSR count). The maximum atomic E-state index is 13.2. The van der Waals surface area contributed by atoms with Gasteiger partial charge in [0.25, 0.3) is 0 Å². The van der Waals surface area contributed by atoms with Gasteiger partial charge in [-0.2, -0.15) is 13.2 Å². The highest BCUT2D eigenvalue weighted by Crippen LogP contribution is 2.31. The SMILES string of the molecule is O=C(Nc1cc(F)cc(C(F)(F)F)c1)N1CCCCC1. The predicted molar refractivity (Wildman–Crippen MR) is 65.8 cm³/mol. The smallest absolute Gasteiger partial charge is 0.325 e.